The maximum Gasteiger partial charge on any atom is 0.228 e. The van der Waals surface area contributed by atoms with E-state index in [4.69, 9.17) is 41.2 Å². The third-order valence-electron chi connectivity index (χ3n) is 2.39. The number of aryl methyl sites for hydroxylation is 1. The van der Waals surface area contributed by atoms with Gasteiger partial charge in [0.05, 0.1) is 15.7 Å². The minimum atomic E-state index is 0.207. The van der Waals surface area contributed by atoms with Crippen LogP contribution in [0.25, 0.3) is 0 Å². The molecule has 0 aliphatic rings. The van der Waals surface area contributed by atoms with Crippen molar-refractivity contribution in [1.29, 1.82) is 0 Å². The fourth-order valence-electron chi connectivity index (χ4n) is 1.49. The Morgan fingerprint density at radius 2 is 2.00 bits per heavy atom. The molecular formula is C12H9BrCl2N4S. The van der Waals surface area contributed by atoms with Crippen molar-refractivity contribution in [1.82, 2.24) is 9.97 Å². The maximum atomic E-state index is 6.16. The van der Waals surface area contributed by atoms with Crippen molar-refractivity contribution in [2.75, 3.05) is 5.32 Å². The highest BCUT2D eigenvalue weighted by molar-refractivity contribution is 9.10. The van der Waals surface area contributed by atoms with Crippen molar-refractivity contribution >= 4 is 68.0 Å². The van der Waals surface area contributed by atoms with Crippen molar-refractivity contribution in [3.8, 4) is 0 Å². The van der Waals surface area contributed by atoms with Crippen molar-refractivity contribution < 1.29 is 0 Å². The van der Waals surface area contributed by atoms with Gasteiger partial charge in [0.1, 0.15) is 10.7 Å². The highest BCUT2D eigenvalue weighted by atomic mass is 79.9. The van der Waals surface area contributed by atoms with Crippen LogP contribution in [0.5, 0.6) is 0 Å². The first kappa shape index (κ1) is 15.4. The molecule has 0 saturated heterocycles. The maximum absolute atomic E-state index is 6.16. The van der Waals surface area contributed by atoms with Crippen molar-refractivity contribution in [2.24, 2.45) is 5.73 Å². The number of nitrogens with one attached hydrogen (secondary N) is 1. The van der Waals surface area contributed by atoms with E-state index in [1.165, 1.54) is 0 Å². The van der Waals surface area contributed by atoms with Crippen LogP contribution in [0.2, 0.25) is 10.0 Å². The summed E-state index contributed by atoms with van der Waals surface area (Å²) in [6.07, 6.45) is 0. The van der Waals surface area contributed by atoms with E-state index < -0.39 is 0 Å². The summed E-state index contributed by atoms with van der Waals surface area (Å²) in [4.78, 5) is 8.68. The van der Waals surface area contributed by atoms with Gasteiger partial charge in [0.2, 0.25) is 5.95 Å². The van der Waals surface area contributed by atoms with E-state index >= 15 is 0 Å². The van der Waals surface area contributed by atoms with Gasteiger partial charge in [-0.05, 0) is 41.1 Å². The predicted octanol–water partition coefficient (Wildman–Crippen LogP) is 4.23. The highest BCUT2D eigenvalue weighted by Crippen LogP contribution is 2.36. The average molecular weight is 392 g/mol. The molecule has 104 valence electrons. The molecule has 0 saturated carbocycles. The minimum Gasteiger partial charge on any atom is -0.388 e. The van der Waals surface area contributed by atoms with Gasteiger partial charge in [0, 0.05) is 10.2 Å². The molecule has 0 aliphatic heterocycles. The smallest absolute Gasteiger partial charge is 0.228 e. The molecule has 0 bridgehead atoms. The van der Waals surface area contributed by atoms with Crippen LogP contribution in [0.4, 0.5) is 11.6 Å². The number of anilines is 2. The number of nitrogens with zero attached hydrogens (tertiary/aromatic N) is 2. The van der Waals surface area contributed by atoms with Crippen LogP contribution < -0.4 is 11.1 Å². The minimum absolute atomic E-state index is 0.207. The van der Waals surface area contributed by atoms with Gasteiger partial charge < -0.3 is 11.1 Å². The molecule has 0 radical (unpaired) electrons. The van der Waals surface area contributed by atoms with E-state index in [-0.39, 0.29) is 4.99 Å². The number of benzene rings is 1. The summed E-state index contributed by atoms with van der Waals surface area (Å²) < 4.78 is 0.712. The monoisotopic (exact) mass is 390 g/mol. The van der Waals surface area contributed by atoms with E-state index in [9.17, 15) is 0 Å². The molecule has 0 aliphatic carbocycles. The van der Waals surface area contributed by atoms with Gasteiger partial charge >= 0.3 is 0 Å². The van der Waals surface area contributed by atoms with E-state index in [2.05, 4.69) is 31.2 Å². The van der Waals surface area contributed by atoms with Crippen LogP contribution in [0.1, 0.15) is 11.4 Å². The lowest BCUT2D eigenvalue weighted by Crippen LogP contribution is -2.13. The van der Waals surface area contributed by atoms with E-state index in [1.807, 2.05) is 6.92 Å². The van der Waals surface area contributed by atoms with Gasteiger partial charge in [-0.25, -0.2) is 9.97 Å². The lowest BCUT2D eigenvalue weighted by atomic mass is 10.3. The van der Waals surface area contributed by atoms with Gasteiger partial charge in [-0.1, -0.05) is 35.4 Å². The number of nitrogens with two attached hydrogens (primary N) is 1. The molecule has 20 heavy (non-hydrogen) atoms. The summed E-state index contributed by atoms with van der Waals surface area (Å²) in [5, 5.41) is 3.80. The first-order chi connectivity index (χ1) is 9.38. The second kappa shape index (κ2) is 6.22. The summed E-state index contributed by atoms with van der Waals surface area (Å²) in [6.45, 7) is 1.82. The second-order valence-electron chi connectivity index (χ2n) is 3.93. The lowest BCUT2D eigenvalue weighted by molar-refractivity contribution is 1.09. The van der Waals surface area contributed by atoms with Crippen LogP contribution in [0, 0.1) is 6.92 Å². The third-order valence-corrected chi connectivity index (χ3v) is 4.37. The molecule has 1 heterocycles. The Morgan fingerprint density at radius 1 is 1.30 bits per heavy atom. The molecule has 0 amide bonds. The standard InChI is InChI=1S/C12H9BrCl2N4S/c1-5-4-8(11(16)20)19-12(17-5)18-7-3-2-6(13)9(14)10(7)15/h2-4H,1H3,(H2,16,20)(H,17,18,19). The molecule has 1 aromatic heterocycles. The highest BCUT2D eigenvalue weighted by Gasteiger charge is 2.11. The zero-order valence-electron chi connectivity index (χ0n) is 10.2. The Labute approximate surface area is 139 Å². The van der Waals surface area contributed by atoms with E-state index in [1.54, 1.807) is 18.2 Å². The molecule has 0 atom stereocenters. The van der Waals surface area contributed by atoms with Crippen molar-refractivity contribution in [3.63, 3.8) is 0 Å². The number of hydrogen-bond acceptors (Lipinski definition) is 4. The predicted molar refractivity (Wildman–Crippen MR) is 90.1 cm³/mol. The summed E-state index contributed by atoms with van der Waals surface area (Å²) in [7, 11) is 0. The van der Waals surface area contributed by atoms with Gasteiger partial charge in [-0.3, -0.25) is 0 Å². The molecule has 3 N–H and O–H groups in total. The Bertz CT molecular complexity index is 693. The largest absolute Gasteiger partial charge is 0.388 e. The van der Waals surface area contributed by atoms with E-state index in [0.29, 0.717) is 31.8 Å². The van der Waals surface area contributed by atoms with E-state index in [0.717, 1.165) is 5.69 Å². The summed E-state index contributed by atoms with van der Waals surface area (Å²) in [5.74, 6) is 0.355. The molecule has 0 fully saturated rings. The SMILES string of the molecule is Cc1cc(C(N)=S)nc(Nc2ccc(Br)c(Cl)c2Cl)n1. The van der Waals surface area contributed by atoms with Crippen LogP contribution in [-0.4, -0.2) is 15.0 Å². The fourth-order valence-corrected chi connectivity index (χ4v) is 2.42. The van der Waals surface area contributed by atoms with Gasteiger partial charge in [-0.15, -0.1) is 0 Å². The number of aromatic nitrogens is 2. The number of thiocarbonyl (C=S) groups is 1. The zero-order chi connectivity index (χ0) is 14.9. The molecular weight excluding hydrogens is 383 g/mol. The Kier molecular flexibility index (Phi) is 4.80. The Hall–Kier alpha value is -0.950. The van der Waals surface area contributed by atoms with Crippen LogP contribution in [0.15, 0.2) is 22.7 Å². The van der Waals surface area contributed by atoms with Crippen LogP contribution in [-0.2, 0) is 0 Å². The normalized spacial score (nSPS) is 10.4. The van der Waals surface area contributed by atoms with Crippen molar-refractivity contribution in [3.05, 3.63) is 44.1 Å². The first-order valence-electron chi connectivity index (χ1n) is 5.44. The molecule has 0 spiro atoms. The Balaban J connectivity index is 2.40. The summed E-state index contributed by atoms with van der Waals surface area (Å²) in [5.41, 5.74) is 7.41. The number of hydrogen-bond donors (Lipinski definition) is 2. The Morgan fingerprint density at radius 3 is 2.65 bits per heavy atom. The first-order valence-corrected chi connectivity index (χ1v) is 7.40. The van der Waals surface area contributed by atoms with Gasteiger partial charge in [-0.2, -0.15) is 0 Å². The summed E-state index contributed by atoms with van der Waals surface area (Å²) in [6, 6.07) is 5.26. The molecule has 1 aromatic carbocycles. The molecule has 2 aromatic rings. The van der Waals surface area contributed by atoms with Crippen LogP contribution in [0.3, 0.4) is 0 Å². The molecule has 0 unspecified atom stereocenters. The van der Waals surface area contributed by atoms with Crippen molar-refractivity contribution in [2.45, 2.75) is 6.92 Å². The molecule has 4 nitrogen and oxygen atoms in total. The lowest BCUT2D eigenvalue weighted by Gasteiger charge is -2.10. The molecule has 2 rings (SSSR count). The summed E-state index contributed by atoms with van der Waals surface area (Å²) >= 11 is 20.4. The third kappa shape index (κ3) is 3.38. The number of rotatable bonds is 3. The quantitative estimate of drug-likeness (QED) is 0.605. The fraction of sp³-hybridized carbons (Fsp3) is 0.0833. The zero-order valence-corrected chi connectivity index (χ0v) is 14.2. The van der Waals surface area contributed by atoms with Crippen LogP contribution >= 0.6 is 51.3 Å². The van der Waals surface area contributed by atoms with Gasteiger partial charge in [0.25, 0.3) is 0 Å². The topological polar surface area (TPSA) is 63.8 Å². The number of halogens is 3. The average Bonchev–Trinajstić information content (AvgIpc) is 2.39. The second-order valence-corrected chi connectivity index (χ2v) is 5.98. The van der Waals surface area contributed by atoms with Gasteiger partial charge in [0.15, 0.2) is 0 Å². The molecule has 8 heteroatoms.